The average molecular weight is 294 g/mol. The number of rotatable bonds is 4. The first kappa shape index (κ1) is 15.0. The van der Waals surface area contributed by atoms with Gasteiger partial charge < -0.3 is 14.3 Å². The van der Waals surface area contributed by atoms with Crippen molar-refractivity contribution in [2.45, 2.75) is 18.9 Å². The molecule has 1 aliphatic heterocycles. The van der Waals surface area contributed by atoms with Crippen LogP contribution in [0.1, 0.15) is 24.0 Å². The quantitative estimate of drug-likeness (QED) is 0.522. The molecule has 0 aliphatic carbocycles. The van der Waals surface area contributed by atoms with Crippen molar-refractivity contribution >= 4 is 17.6 Å². The van der Waals surface area contributed by atoms with Gasteiger partial charge in [0.2, 0.25) is 5.90 Å². The molecular weight excluding hydrogens is 279 g/mol. The Kier molecular flexibility index (Phi) is 4.52. The van der Waals surface area contributed by atoms with E-state index in [1.54, 1.807) is 6.07 Å². The normalized spacial score (nSPS) is 16.9. The predicted octanol–water partition coefficient (Wildman–Crippen LogP) is 1.85. The van der Waals surface area contributed by atoms with Crippen molar-refractivity contribution in [1.82, 2.24) is 0 Å². The third kappa shape index (κ3) is 3.36. The summed E-state index contributed by atoms with van der Waals surface area (Å²) in [4.78, 5) is 16.3. The van der Waals surface area contributed by atoms with Crippen molar-refractivity contribution in [2.75, 3.05) is 14.2 Å². The number of carbonyl (C=O) groups excluding carboxylic acids is 1. The van der Waals surface area contributed by atoms with E-state index in [4.69, 9.17) is 15.0 Å². The second-order valence-corrected chi connectivity index (χ2v) is 4.48. The molecule has 2 rings (SSSR count). The molecule has 1 aliphatic rings. The molecule has 0 aromatic heterocycles. The van der Waals surface area contributed by atoms with E-state index in [9.17, 15) is 9.18 Å². The lowest BCUT2D eigenvalue weighted by Crippen LogP contribution is -2.15. The highest BCUT2D eigenvalue weighted by molar-refractivity contribution is 6.02. The van der Waals surface area contributed by atoms with Crippen LogP contribution in [-0.2, 0) is 19.1 Å². The number of hydrogen-bond donors (Lipinski definition) is 1. The van der Waals surface area contributed by atoms with Crippen molar-refractivity contribution in [2.24, 2.45) is 5.16 Å². The van der Waals surface area contributed by atoms with Crippen LogP contribution in [0.2, 0.25) is 0 Å². The van der Waals surface area contributed by atoms with Gasteiger partial charge in [-0.1, -0.05) is 5.16 Å². The van der Waals surface area contributed by atoms with Crippen molar-refractivity contribution < 1.29 is 23.5 Å². The number of methoxy groups -OCH3 is 2. The Hall–Kier alpha value is -2.44. The molecule has 21 heavy (non-hydrogen) atoms. The van der Waals surface area contributed by atoms with Gasteiger partial charge in [-0.05, 0) is 18.2 Å². The molecule has 0 saturated heterocycles. The summed E-state index contributed by atoms with van der Waals surface area (Å²) >= 11 is 0. The first-order chi connectivity index (χ1) is 10.0. The first-order valence-corrected chi connectivity index (χ1v) is 6.27. The highest BCUT2D eigenvalue weighted by atomic mass is 19.1. The number of nitrogens with zero attached hydrogens (tertiary/aromatic N) is 1. The number of halogens is 1. The number of oxime groups is 1. The minimum Gasteiger partial charge on any atom is -0.481 e. The van der Waals surface area contributed by atoms with Gasteiger partial charge in [-0.15, -0.1) is 0 Å². The molecule has 0 fully saturated rings. The smallest absolute Gasteiger partial charge is 0.309 e. The molecule has 112 valence electrons. The maximum atomic E-state index is 14.1. The molecule has 1 heterocycles. The number of hydrogen-bond acceptors (Lipinski definition) is 6. The van der Waals surface area contributed by atoms with E-state index >= 15 is 0 Å². The second kappa shape index (κ2) is 6.34. The molecule has 0 radical (unpaired) electrons. The zero-order chi connectivity index (χ0) is 15.4. The van der Waals surface area contributed by atoms with Gasteiger partial charge in [-0.2, -0.15) is 0 Å². The van der Waals surface area contributed by atoms with Crippen LogP contribution in [0.15, 0.2) is 23.4 Å². The molecule has 1 N–H and O–H groups in total. The minimum atomic E-state index is -0.518. The topological polar surface area (TPSA) is 81.0 Å². The summed E-state index contributed by atoms with van der Waals surface area (Å²) in [5.41, 5.74) is 1.05. The van der Waals surface area contributed by atoms with Gasteiger partial charge in [0.15, 0.2) is 0 Å². The Bertz CT molecular complexity index is 601. The molecule has 0 spiro atoms. The van der Waals surface area contributed by atoms with E-state index in [1.165, 1.54) is 26.4 Å². The Balaban J connectivity index is 2.10. The molecule has 0 amide bonds. The molecule has 6 nitrogen and oxygen atoms in total. The van der Waals surface area contributed by atoms with Crippen LogP contribution in [-0.4, -0.2) is 37.9 Å². The summed E-state index contributed by atoms with van der Waals surface area (Å²) in [6.45, 7) is 0. The molecule has 0 saturated carbocycles. The zero-order valence-corrected chi connectivity index (χ0v) is 11.7. The molecule has 1 unspecified atom stereocenters. The maximum Gasteiger partial charge on any atom is 0.309 e. The van der Waals surface area contributed by atoms with E-state index in [0.29, 0.717) is 17.7 Å². The van der Waals surface area contributed by atoms with E-state index in [2.05, 4.69) is 9.89 Å². The Labute approximate surface area is 121 Å². The summed E-state index contributed by atoms with van der Waals surface area (Å²) < 4.78 is 23.4. The van der Waals surface area contributed by atoms with Crippen LogP contribution in [0.25, 0.3) is 0 Å². The number of esters is 1. The Morgan fingerprint density at radius 3 is 2.86 bits per heavy atom. The molecule has 7 heteroatoms. The van der Waals surface area contributed by atoms with Crippen LogP contribution in [0, 0.1) is 11.2 Å². The molecular formula is C14H15FN2O4. The third-order valence-corrected chi connectivity index (χ3v) is 3.10. The second-order valence-electron chi connectivity index (χ2n) is 4.48. The van der Waals surface area contributed by atoms with Crippen molar-refractivity contribution in [3.63, 3.8) is 0 Å². The van der Waals surface area contributed by atoms with Gasteiger partial charge in [0, 0.05) is 17.5 Å². The molecule has 0 bridgehead atoms. The van der Waals surface area contributed by atoms with Crippen LogP contribution in [0.5, 0.6) is 0 Å². The van der Waals surface area contributed by atoms with Gasteiger partial charge in [0.05, 0.1) is 26.4 Å². The highest BCUT2D eigenvalue weighted by Crippen LogP contribution is 2.22. The van der Waals surface area contributed by atoms with Gasteiger partial charge in [-0.25, -0.2) is 4.39 Å². The number of nitrogens with one attached hydrogen (secondary N) is 1. The molecule has 1 aromatic carbocycles. The summed E-state index contributed by atoms with van der Waals surface area (Å²) in [7, 11) is 2.64. The van der Waals surface area contributed by atoms with E-state index in [1.807, 2.05) is 0 Å². The van der Waals surface area contributed by atoms with Gasteiger partial charge in [0.25, 0.3) is 0 Å². The fraction of sp³-hybridized carbons (Fsp3) is 0.357. The number of ether oxygens (including phenoxy) is 2. The highest BCUT2D eigenvalue weighted by Gasteiger charge is 2.26. The van der Waals surface area contributed by atoms with Gasteiger partial charge >= 0.3 is 5.97 Å². The van der Waals surface area contributed by atoms with Gasteiger partial charge in [0.1, 0.15) is 11.9 Å². The largest absolute Gasteiger partial charge is 0.481 e. The summed E-state index contributed by atoms with van der Waals surface area (Å²) in [6, 6.07) is 4.29. The van der Waals surface area contributed by atoms with Crippen LogP contribution in [0.4, 0.5) is 4.39 Å². The van der Waals surface area contributed by atoms with E-state index < -0.39 is 17.9 Å². The maximum absolute atomic E-state index is 14.1. The van der Waals surface area contributed by atoms with Gasteiger partial charge in [-0.3, -0.25) is 10.2 Å². The van der Waals surface area contributed by atoms with E-state index in [-0.39, 0.29) is 17.9 Å². The third-order valence-electron chi connectivity index (χ3n) is 3.10. The van der Waals surface area contributed by atoms with Crippen LogP contribution < -0.4 is 0 Å². The van der Waals surface area contributed by atoms with Crippen molar-refractivity contribution in [3.8, 4) is 0 Å². The average Bonchev–Trinajstić information content (AvgIpc) is 2.94. The summed E-state index contributed by atoms with van der Waals surface area (Å²) in [5, 5.41) is 11.3. The molecule has 1 atom stereocenters. The zero-order valence-electron chi connectivity index (χ0n) is 11.7. The predicted molar refractivity (Wildman–Crippen MR) is 72.9 cm³/mol. The van der Waals surface area contributed by atoms with Crippen molar-refractivity contribution in [3.05, 3.63) is 35.1 Å². The lowest BCUT2D eigenvalue weighted by atomic mass is 10.0. The Morgan fingerprint density at radius 1 is 1.48 bits per heavy atom. The monoisotopic (exact) mass is 294 g/mol. The lowest BCUT2D eigenvalue weighted by molar-refractivity contribution is -0.143. The SMILES string of the molecule is COC(=N)c1ccc(C2=NOC(CC(=O)OC)C2)c(F)c1. The number of benzene rings is 1. The Morgan fingerprint density at radius 2 is 2.24 bits per heavy atom. The van der Waals surface area contributed by atoms with Crippen molar-refractivity contribution in [1.29, 1.82) is 5.41 Å². The van der Waals surface area contributed by atoms with Crippen LogP contribution >= 0.6 is 0 Å². The summed E-state index contributed by atoms with van der Waals surface area (Å²) in [6.07, 6.45) is -0.0475. The molecule has 1 aromatic rings. The lowest BCUT2D eigenvalue weighted by Gasteiger charge is -2.07. The minimum absolute atomic E-state index is 0.0670. The standard InChI is InChI=1S/C14H15FN2O4/c1-19-13(18)7-9-6-12(17-21-9)10-4-3-8(5-11(10)15)14(16)20-2/h3-5,9,16H,6-7H2,1-2H3. The number of carbonyl (C=O) groups is 1. The van der Waals surface area contributed by atoms with Crippen LogP contribution in [0.3, 0.4) is 0 Å². The van der Waals surface area contributed by atoms with E-state index in [0.717, 1.165) is 0 Å². The fourth-order valence-electron chi connectivity index (χ4n) is 1.97. The first-order valence-electron chi connectivity index (χ1n) is 6.27. The summed E-state index contributed by atoms with van der Waals surface area (Å²) in [5.74, 6) is -1.04. The fourth-order valence-corrected chi connectivity index (χ4v) is 1.97.